The monoisotopic (exact) mass is 268 g/mol. The summed E-state index contributed by atoms with van der Waals surface area (Å²) < 4.78 is 7.34. The molecule has 8 heteroatoms. The summed E-state index contributed by atoms with van der Waals surface area (Å²) in [5.41, 5.74) is 5.64. The molecule has 2 heterocycles. The van der Waals surface area contributed by atoms with Crippen LogP contribution >= 0.6 is 11.8 Å². The zero-order chi connectivity index (χ0) is 13.1. The maximum atomic E-state index is 5.64. The topological polar surface area (TPSA) is 95.6 Å². The Hall–Kier alpha value is -1.41. The van der Waals surface area contributed by atoms with Gasteiger partial charge >= 0.3 is 0 Å². The third-order valence-electron chi connectivity index (χ3n) is 2.33. The summed E-state index contributed by atoms with van der Waals surface area (Å²) in [6.45, 7) is 6.29. The molecule has 18 heavy (non-hydrogen) atoms. The third kappa shape index (κ3) is 2.70. The molecule has 0 bridgehead atoms. The standard InChI is InChI=1S/C10H16N6OS/c1-6(2)16-8(4-11)13-15-10(16)18-5-9-14-12-7(3)17-9/h6H,4-5,11H2,1-3H3. The normalized spacial score (nSPS) is 11.4. The number of hydrogen-bond acceptors (Lipinski definition) is 7. The molecule has 0 fully saturated rings. The van der Waals surface area contributed by atoms with E-state index in [1.54, 1.807) is 6.92 Å². The Kier molecular flexibility index (Phi) is 3.97. The van der Waals surface area contributed by atoms with Crippen LogP contribution in [0.15, 0.2) is 9.57 Å². The number of aromatic nitrogens is 5. The van der Waals surface area contributed by atoms with Crippen LogP contribution in [-0.2, 0) is 12.3 Å². The van der Waals surface area contributed by atoms with Crippen molar-refractivity contribution < 1.29 is 4.42 Å². The highest BCUT2D eigenvalue weighted by atomic mass is 32.2. The number of aryl methyl sites for hydroxylation is 1. The van der Waals surface area contributed by atoms with Gasteiger partial charge in [0.15, 0.2) is 5.16 Å². The first-order valence-electron chi connectivity index (χ1n) is 5.67. The summed E-state index contributed by atoms with van der Waals surface area (Å²) in [5, 5.41) is 16.8. The van der Waals surface area contributed by atoms with Gasteiger partial charge in [-0.2, -0.15) is 0 Å². The van der Waals surface area contributed by atoms with Crippen LogP contribution in [0.25, 0.3) is 0 Å². The second-order valence-corrected chi connectivity index (χ2v) is 5.01. The molecule has 98 valence electrons. The smallest absolute Gasteiger partial charge is 0.226 e. The van der Waals surface area contributed by atoms with Gasteiger partial charge in [-0.25, -0.2) is 0 Å². The van der Waals surface area contributed by atoms with Gasteiger partial charge in [0, 0.05) is 13.0 Å². The van der Waals surface area contributed by atoms with E-state index in [4.69, 9.17) is 10.2 Å². The van der Waals surface area contributed by atoms with Crippen molar-refractivity contribution in [2.75, 3.05) is 0 Å². The zero-order valence-corrected chi connectivity index (χ0v) is 11.4. The Morgan fingerprint density at radius 3 is 2.61 bits per heavy atom. The highest BCUT2D eigenvalue weighted by Crippen LogP contribution is 2.24. The molecule has 0 atom stereocenters. The molecule has 0 spiro atoms. The Morgan fingerprint density at radius 2 is 2.06 bits per heavy atom. The van der Waals surface area contributed by atoms with E-state index < -0.39 is 0 Å². The maximum absolute atomic E-state index is 5.64. The average Bonchev–Trinajstić information content (AvgIpc) is 2.92. The van der Waals surface area contributed by atoms with E-state index in [-0.39, 0.29) is 6.04 Å². The van der Waals surface area contributed by atoms with Crippen molar-refractivity contribution in [3.8, 4) is 0 Å². The number of hydrogen-bond donors (Lipinski definition) is 1. The lowest BCUT2D eigenvalue weighted by molar-refractivity contribution is 0.484. The summed E-state index contributed by atoms with van der Waals surface area (Å²) in [7, 11) is 0. The number of nitrogens with zero attached hydrogens (tertiary/aromatic N) is 5. The van der Waals surface area contributed by atoms with Crippen LogP contribution in [0.2, 0.25) is 0 Å². The quantitative estimate of drug-likeness (QED) is 0.816. The number of rotatable bonds is 5. The van der Waals surface area contributed by atoms with Gasteiger partial charge in [-0.1, -0.05) is 11.8 Å². The Balaban J connectivity index is 2.11. The molecule has 2 N–H and O–H groups in total. The van der Waals surface area contributed by atoms with Crippen molar-refractivity contribution in [2.45, 2.75) is 44.3 Å². The largest absolute Gasteiger partial charge is 0.425 e. The van der Waals surface area contributed by atoms with Crippen LogP contribution in [0.4, 0.5) is 0 Å². The molecule has 7 nitrogen and oxygen atoms in total. The van der Waals surface area contributed by atoms with Gasteiger partial charge in [0.2, 0.25) is 11.8 Å². The molecule has 0 aliphatic heterocycles. The second-order valence-electron chi connectivity index (χ2n) is 4.07. The molecule has 2 aromatic rings. The first-order chi connectivity index (χ1) is 8.61. The minimum absolute atomic E-state index is 0.269. The van der Waals surface area contributed by atoms with E-state index in [9.17, 15) is 0 Å². The lowest BCUT2D eigenvalue weighted by Crippen LogP contribution is -2.11. The van der Waals surface area contributed by atoms with Gasteiger partial charge in [0.1, 0.15) is 5.82 Å². The Morgan fingerprint density at radius 1 is 1.28 bits per heavy atom. The van der Waals surface area contributed by atoms with Gasteiger partial charge in [-0.05, 0) is 13.8 Å². The highest BCUT2D eigenvalue weighted by Gasteiger charge is 2.15. The van der Waals surface area contributed by atoms with E-state index >= 15 is 0 Å². The van der Waals surface area contributed by atoms with Crippen molar-refractivity contribution in [3.63, 3.8) is 0 Å². The number of nitrogens with two attached hydrogens (primary N) is 1. The molecule has 0 aliphatic carbocycles. The third-order valence-corrected chi connectivity index (χ3v) is 3.25. The fourth-order valence-corrected chi connectivity index (χ4v) is 2.51. The molecule has 0 aliphatic rings. The highest BCUT2D eigenvalue weighted by molar-refractivity contribution is 7.98. The van der Waals surface area contributed by atoms with Gasteiger partial charge in [0.05, 0.1) is 12.3 Å². The van der Waals surface area contributed by atoms with Gasteiger partial charge in [0.25, 0.3) is 0 Å². The Bertz CT molecular complexity index is 520. The van der Waals surface area contributed by atoms with Crippen LogP contribution < -0.4 is 5.73 Å². The fourth-order valence-electron chi connectivity index (χ4n) is 1.59. The summed E-state index contributed by atoms with van der Waals surface area (Å²) in [6.07, 6.45) is 0. The predicted octanol–water partition coefficient (Wildman–Crippen LogP) is 1.30. The zero-order valence-electron chi connectivity index (χ0n) is 10.6. The van der Waals surface area contributed by atoms with E-state index in [2.05, 4.69) is 34.2 Å². The Labute approximate surface area is 109 Å². The molecule has 0 saturated heterocycles. The molecule has 0 saturated carbocycles. The minimum atomic E-state index is 0.269. The molecule has 2 rings (SSSR count). The molecular weight excluding hydrogens is 252 g/mol. The van der Waals surface area contributed by atoms with E-state index in [0.29, 0.717) is 24.1 Å². The molecule has 0 radical (unpaired) electrons. The molecule has 0 aromatic carbocycles. The fraction of sp³-hybridized carbons (Fsp3) is 0.600. The summed E-state index contributed by atoms with van der Waals surface area (Å²) >= 11 is 1.52. The summed E-state index contributed by atoms with van der Waals surface area (Å²) in [5.74, 6) is 2.52. The molecule has 0 unspecified atom stereocenters. The first-order valence-corrected chi connectivity index (χ1v) is 6.66. The molecule has 0 amide bonds. The van der Waals surface area contributed by atoms with Gasteiger partial charge in [-0.3, -0.25) is 0 Å². The average molecular weight is 268 g/mol. The van der Waals surface area contributed by atoms with Crippen molar-refractivity contribution >= 4 is 11.8 Å². The summed E-state index contributed by atoms with van der Waals surface area (Å²) in [6, 6.07) is 0.269. The lowest BCUT2D eigenvalue weighted by Gasteiger charge is -2.12. The SMILES string of the molecule is Cc1nnc(CSc2nnc(CN)n2C(C)C)o1. The van der Waals surface area contributed by atoms with E-state index in [0.717, 1.165) is 11.0 Å². The predicted molar refractivity (Wildman–Crippen MR) is 66.9 cm³/mol. The summed E-state index contributed by atoms with van der Waals surface area (Å²) in [4.78, 5) is 0. The van der Waals surface area contributed by atoms with Gasteiger partial charge < -0.3 is 14.7 Å². The van der Waals surface area contributed by atoms with Crippen LogP contribution in [0.1, 0.15) is 37.5 Å². The number of thioether (sulfide) groups is 1. The second kappa shape index (κ2) is 5.49. The van der Waals surface area contributed by atoms with E-state index in [1.807, 2.05) is 4.57 Å². The van der Waals surface area contributed by atoms with Crippen molar-refractivity contribution in [2.24, 2.45) is 5.73 Å². The van der Waals surface area contributed by atoms with Crippen LogP contribution in [0, 0.1) is 6.92 Å². The maximum Gasteiger partial charge on any atom is 0.226 e. The van der Waals surface area contributed by atoms with Crippen molar-refractivity contribution in [3.05, 3.63) is 17.6 Å². The van der Waals surface area contributed by atoms with Crippen molar-refractivity contribution in [1.82, 2.24) is 25.0 Å². The molecule has 2 aromatic heterocycles. The molecular formula is C10H16N6OS. The first kappa shape index (κ1) is 13.0. The van der Waals surface area contributed by atoms with Crippen LogP contribution in [0.5, 0.6) is 0 Å². The minimum Gasteiger partial charge on any atom is -0.425 e. The van der Waals surface area contributed by atoms with Gasteiger partial charge in [-0.15, -0.1) is 20.4 Å². The van der Waals surface area contributed by atoms with Crippen LogP contribution in [0.3, 0.4) is 0 Å². The van der Waals surface area contributed by atoms with E-state index in [1.165, 1.54) is 11.8 Å². The van der Waals surface area contributed by atoms with Crippen LogP contribution in [-0.4, -0.2) is 25.0 Å². The lowest BCUT2D eigenvalue weighted by atomic mass is 10.4. The van der Waals surface area contributed by atoms with Crippen molar-refractivity contribution in [1.29, 1.82) is 0 Å².